The van der Waals surface area contributed by atoms with Crippen LogP contribution in [0.5, 0.6) is 0 Å². The van der Waals surface area contributed by atoms with Gasteiger partial charge in [0.1, 0.15) is 0 Å². The van der Waals surface area contributed by atoms with Crippen LogP contribution in [-0.4, -0.2) is 62.5 Å². The van der Waals surface area contributed by atoms with Crippen molar-refractivity contribution in [3.05, 3.63) is 34.9 Å². The van der Waals surface area contributed by atoms with Crippen LogP contribution >= 0.6 is 11.6 Å². The highest BCUT2D eigenvalue weighted by molar-refractivity contribution is 6.30. The van der Waals surface area contributed by atoms with Crippen molar-refractivity contribution in [1.82, 2.24) is 15.1 Å². The molecule has 1 atom stereocenters. The summed E-state index contributed by atoms with van der Waals surface area (Å²) in [6.07, 6.45) is -0.386. The molecule has 6 heteroatoms. The van der Waals surface area contributed by atoms with Crippen molar-refractivity contribution in [2.45, 2.75) is 31.4 Å². The van der Waals surface area contributed by atoms with E-state index in [2.05, 4.69) is 36.4 Å². The molecule has 0 spiro atoms. The summed E-state index contributed by atoms with van der Waals surface area (Å²) in [6, 6.07) is 8.61. The molecule has 1 aliphatic rings. The second kappa shape index (κ2) is 8.92. The maximum absolute atomic E-state index is 12.4. The number of nitrogens with zero attached hydrogens (tertiary/aromatic N) is 2. The molecular formula is C17H26ClF2N3. The molecule has 0 aliphatic carbocycles. The third-order valence-corrected chi connectivity index (χ3v) is 4.71. The van der Waals surface area contributed by atoms with Crippen molar-refractivity contribution in [2.24, 2.45) is 0 Å². The highest BCUT2D eigenvalue weighted by Crippen LogP contribution is 2.21. The van der Waals surface area contributed by atoms with Gasteiger partial charge in [-0.2, -0.15) is 0 Å². The van der Waals surface area contributed by atoms with Gasteiger partial charge in [-0.25, -0.2) is 8.78 Å². The molecule has 1 aromatic rings. The zero-order chi connectivity index (χ0) is 16.8. The van der Waals surface area contributed by atoms with Crippen LogP contribution in [0.4, 0.5) is 8.78 Å². The van der Waals surface area contributed by atoms with E-state index in [4.69, 9.17) is 11.6 Å². The van der Waals surface area contributed by atoms with Crippen molar-refractivity contribution in [3.63, 3.8) is 0 Å². The summed E-state index contributed by atoms with van der Waals surface area (Å²) in [5, 5.41) is 4.34. The smallest absolute Gasteiger partial charge is 0.251 e. The van der Waals surface area contributed by atoms with Crippen molar-refractivity contribution in [1.29, 1.82) is 0 Å². The Hall–Kier alpha value is -0.750. The maximum atomic E-state index is 12.4. The SMILES string of the molecule is CN(C)[C@H](CNC1CCN(CC(F)F)CC1)c1ccc(Cl)cc1. The summed E-state index contributed by atoms with van der Waals surface area (Å²) in [5.74, 6) is 0. The number of rotatable bonds is 7. The highest BCUT2D eigenvalue weighted by Gasteiger charge is 2.22. The number of nitrogens with one attached hydrogen (secondary N) is 1. The van der Waals surface area contributed by atoms with Gasteiger partial charge in [0.2, 0.25) is 0 Å². The average Bonchev–Trinajstić information content (AvgIpc) is 2.50. The summed E-state index contributed by atoms with van der Waals surface area (Å²) in [4.78, 5) is 4.04. The molecule has 130 valence electrons. The predicted molar refractivity (Wildman–Crippen MR) is 91.3 cm³/mol. The monoisotopic (exact) mass is 345 g/mol. The van der Waals surface area contributed by atoms with Gasteiger partial charge in [-0.15, -0.1) is 0 Å². The number of alkyl halides is 2. The van der Waals surface area contributed by atoms with Crippen LogP contribution in [0.1, 0.15) is 24.4 Å². The lowest BCUT2D eigenvalue weighted by Gasteiger charge is -2.34. The molecule has 0 amide bonds. The van der Waals surface area contributed by atoms with Gasteiger partial charge in [0.15, 0.2) is 0 Å². The van der Waals surface area contributed by atoms with Gasteiger partial charge in [0.05, 0.1) is 6.54 Å². The molecule has 0 bridgehead atoms. The van der Waals surface area contributed by atoms with E-state index in [9.17, 15) is 8.78 Å². The van der Waals surface area contributed by atoms with E-state index in [0.29, 0.717) is 6.04 Å². The number of likely N-dealkylation sites (N-methyl/N-ethyl adjacent to an activating group) is 1. The van der Waals surface area contributed by atoms with Crippen LogP contribution in [0, 0.1) is 0 Å². The summed E-state index contributed by atoms with van der Waals surface area (Å²) in [6.45, 7) is 2.23. The largest absolute Gasteiger partial charge is 0.312 e. The van der Waals surface area contributed by atoms with Crippen molar-refractivity contribution >= 4 is 11.6 Å². The molecule has 1 saturated heterocycles. The van der Waals surface area contributed by atoms with Gasteiger partial charge in [-0.3, -0.25) is 4.90 Å². The van der Waals surface area contributed by atoms with E-state index in [0.717, 1.165) is 37.5 Å². The Balaban J connectivity index is 1.82. The number of hydrogen-bond acceptors (Lipinski definition) is 3. The number of hydrogen-bond donors (Lipinski definition) is 1. The Labute approximate surface area is 142 Å². The summed E-state index contributed by atoms with van der Waals surface area (Å²) in [7, 11) is 4.12. The molecule has 0 aromatic heterocycles. The fourth-order valence-corrected chi connectivity index (χ4v) is 3.20. The maximum Gasteiger partial charge on any atom is 0.251 e. The minimum Gasteiger partial charge on any atom is -0.312 e. The first-order chi connectivity index (χ1) is 11.0. The first-order valence-electron chi connectivity index (χ1n) is 8.11. The normalized spacial score (nSPS) is 18.7. The molecule has 0 radical (unpaired) electrons. The topological polar surface area (TPSA) is 18.5 Å². The Kier molecular flexibility index (Phi) is 7.21. The first-order valence-corrected chi connectivity index (χ1v) is 8.49. The van der Waals surface area contributed by atoms with Gasteiger partial charge in [-0.1, -0.05) is 23.7 Å². The summed E-state index contributed by atoms with van der Waals surface area (Å²) >= 11 is 5.96. The van der Waals surface area contributed by atoms with E-state index in [-0.39, 0.29) is 12.6 Å². The zero-order valence-corrected chi connectivity index (χ0v) is 14.6. The van der Waals surface area contributed by atoms with Crippen molar-refractivity contribution < 1.29 is 8.78 Å². The zero-order valence-electron chi connectivity index (χ0n) is 13.8. The lowest BCUT2D eigenvalue weighted by atomic mass is 10.0. The lowest BCUT2D eigenvalue weighted by Crippen LogP contribution is -2.45. The van der Waals surface area contributed by atoms with Crippen LogP contribution in [0.25, 0.3) is 0 Å². The Morgan fingerprint density at radius 1 is 1.22 bits per heavy atom. The fourth-order valence-electron chi connectivity index (χ4n) is 3.08. The summed E-state index contributed by atoms with van der Waals surface area (Å²) < 4.78 is 24.8. The average molecular weight is 346 g/mol. The third-order valence-electron chi connectivity index (χ3n) is 4.46. The van der Waals surface area contributed by atoms with Gasteiger partial charge in [0.25, 0.3) is 6.43 Å². The number of piperidine rings is 1. The third kappa shape index (κ3) is 5.99. The Bertz CT molecular complexity index is 459. The molecule has 1 fully saturated rings. The van der Waals surface area contributed by atoms with E-state index in [1.165, 1.54) is 5.56 Å². The minimum absolute atomic E-state index is 0.0994. The standard InChI is InChI=1S/C17H26ClF2N3/c1-22(2)16(13-3-5-14(18)6-4-13)11-21-15-7-9-23(10-8-15)12-17(19)20/h3-6,15-17,21H,7-12H2,1-2H3/t16-/m1/s1. The van der Waals surface area contributed by atoms with E-state index < -0.39 is 6.43 Å². The van der Waals surface area contributed by atoms with Crippen LogP contribution in [0.2, 0.25) is 5.02 Å². The van der Waals surface area contributed by atoms with Gasteiger partial charge in [-0.05, 0) is 57.7 Å². The molecule has 1 heterocycles. The van der Waals surface area contributed by atoms with Crippen LogP contribution in [-0.2, 0) is 0 Å². The van der Waals surface area contributed by atoms with Crippen molar-refractivity contribution in [2.75, 3.05) is 40.3 Å². The van der Waals surface area contributed by atoms with Gasteiger partial charge < -0.3 is 10.2 Å². The lowest BCUT2D eigenvalue weighted by molar-refractivity contribution is 0.0724. The van der Waals surface area contributed by atoms with Crippen molar-refractivity contribution in [3.8, 4) is 0 Å². The summed E-state index contributed by atoms with van der Waals surface area (Å²) in [5.41, 5.74) is 1.22. The Morgan fingerprint density at radius 2 is 1.83 bits per heavy atom. The second-order valence-corrected chi connectivity index (χ2v) is 6.84. The molecule has 0 unspecified atom stereocenters. The molecular weight excluding hydrogens is 320 g/mol. The molecule has 0 saturated carbocycles. The van der Waals surface area contributed by atoms with Crippen LogP contribution in [0.15, 0.2) is 24.3 Å². The van der Waals surface area contributed by atoms with Gasteiger partial charge >= 0.3 is 0 Å². The first kappa shape index (κ1) is 18.6. The molecule has 23 heavy (non-hydrogen) atoms. The van der Waals surface area contributed by atoms with Gasteiger partial charge in [0, 0.05) is 23.7 Å². The molecule has 2 rings (SSSR count). The Morgan fingerprint density at radius 3 is 2.35 bits per heavy atom. The molecule has 1 aliphatic heterocycles. The second-order valence-electron chi connectivity index (χ2n) is 6.41. The number of halogens is 3. The molecule has 1 N–H and O–H groups in total. The highest BCUT2D eigenvalue weighted by atomic mass is 35.5. The minimum atomic E-state index is -2.23. The molecule has 1 aromatic carbocycles. The number of benzene rings is 1. The van der Waals surface area contributed by atoms with Crippen LogP contribution < -0.4 is 5.32 Å². The fraction of sp³-hybridized carbons (Fsp3) is 0.647. The van der Waals surface area contributed by atoms with E-state index in [1.54, 1.807) is 0 Å². The van der Waals surface area contributed by atoms with E-state index in [1.807, 2.05) is 17.0 Å². The molecule has 3 nitrogen and oxygen atoms in total. The quantitative estimate of drug-likeness (QED) is 0.818. The number of likely N-dealkylation sites (tertiary alicyclic amines) is 1. The van der Waals surface area contributed by atoms with Crippen LogP contribution in [0.3, 0.4) is 0 Å². The van der Waals surface area contributed by atoms with E-state index >= 15 is 0 Å². The predicted octanol–water partition coefficient (Wildman–Crippen LogP) is 3.26.